The largest absolute Gasteiger partial charge is 0.512 e. The smallest absolute Gasteiger partial charge is 0.449 e. The Hall–Kier alpha value is -1.07. The molecule has 1 aliphatic heterocycles. The molecule has 0 amide bonds. The van der Waals surface area contributed by atoms with E-state index >= 15 is 0 Å². The van der Waals surface area contributed by atoms with Crippen molar-refractivity contribution in [3.05, 3.63) is 16.5 Å². The van der Waals surface area contributed by atoms with Gasteiger partial charge in [-0.3, -0.25) is 4.90 Å². The molecule has 1 N–H and O–H groups in total. The average molecular weight is 227 g/mol. The van der Waals surface area contributed by atoms with E-state index in [1.165, 1.54) is 21.8 Å². The van der Waals surface area contributed by atoms with E-state index in [-0.39, 0.29) is 0 Å². The van der Waals surface area contributed by atoms with Gasteiger partial charge < -0.3 is 9.84 Å². The van der Waals surface area contributed by atoms with E-state index in [0.717, 1.165) is 13.0 Å². The van der Waals surface area contributed by atoms with Crippen LogP contribution in [0.25, 0.3) is 0 Å². The van der Waals surface area contributed by atoms with Gasteiger partial charge in [0.15, 0.2) is 5.06 Å². The molecule has 82 valence electrons. The number of thiophene rings is 1. The fourth-order valence-electron chi connectivity index (χ4n) is 1.79. The molecule has 15 heavy (non-hydrogen) atoms. The van der Waals surface area contributed by atoms with Crippen LogP contribution in [-0.2, 0) is 6.42 Å². The predicted octanol–water partition coefficient (Wildman–Crippen LogP) is 2.35. The van der Waals surface area contributed by atoms with Crippen LogP contribution in [0.1, 0.15) is 23.4 Å². The number of ether oxygens (including phenoxy) is 1. The molecule has 1 aromatic heterocycles. The lowest BCUT2D eigenvalue weighted by Gasteiger charge is -2.29. The third-order valence-corrected chi connectivity index (χ3v) is 4.01. The fraction of sp³-hybridized carbons (Fsp3) is 0.500. The van der Waals surface area contributed by atoms with Crippen LogP contribution in [-0.4, -0.2) is 29.8 Å². The molecule has 0 aromatic carbocycles. The third kappa shape index (κ3) is 1.98. The van der Waals surface area contributed by atoms with E-state index in [9.17, 15) is 4.79 Å². The van der Waals surface area contributed by atoms with E-state index < -0.39 is 6.16 Å². The van der Waals surface area contributed by atoms with Gasteiger partial charge in [-0.25, -0.2) is 4.79 Å². The Labute approximate surface area is 92.1 Å². The summed E-state index contributed by atoms with van der Waals surface area (Å²) in [6.45, 7) is 3.14. The van der Waals surface area contributed by atoms with Gasteiger partial charge in [-0.1, -0.05) is 0 Å². The molecular formula is C10H13NO3S. The Bertz CT molecular complexity index is 388. The number of likely N-dealkylation sites (N-methyl/N-ethyl adjacent to an activating group) is 1. The van der Waals surface area contributed by atoms with Crippen LogP contribution in [0, 0.1) is 0 Å². The number of hydrogen-bond donors (Lipinski definition) is 1. The van der Waals surface area contributed by atoms with Gasteiger partial charge in [0.25, 0.3) is 0 Å². The standard InChI is InChI=1S/C10H13NO3S/c1-6-9-7(3-4-11(6)2)5-8(15-9)14-10(12)13/h5-6H,3-4H2,1-2H3,(H,12,13). The van der Waals surface area contributed by atoms with Crippen molar-refractivity contribution in [3.8, 4) is 5.06 Å². The quantitative estimate of drug-likeness (QED) is 0.748. The molecule has 0 radical (unpaired) electrons. The summed E-state index contributed by atoms with van der Waals surface area (Å²) in [5.41, 5.74) is 1.22. The van der Waals surface area contributed by atoms with Crippen molar-refractivity contribution in [1.82, 2.24) is 4.90 Å². The van der Waals surface area contributed by atoms with Crippen LogP contribution < -0.4 is 4.74 Å². The molecule has 1 aromatic rings. The Morgan fingerprint density at radius 3 is 3.13 bits per heavy atom. The monoisotopic (exact) mass is 227 g/mol. The van der Waals surface area contributed by atoms with Gasteiger partial charge in [-0.15, -0.1) is 11.3 Å². The van der Waals surface area contributed by atoms with Crippen molar-refractivity contribution in [1.29, 1.82) is 0 Å². The van der Waals surface area contributed by atoms with Crippen molar-refractivity contribution < 1.29 is 14.6 Å². The minimum absolute atomic E-state index is 0.352. The lowest BCUT2D eigenvalue weighted by atomic mass is 10.0. The molecule has 0 fully saturated rings. The maximum atomic E-state index is 10.4. The molecular weight excluding hydrogens is 214 g/mol. The molecule has 0 aliphatic carbocycles. The molecule has 2 heterocycles. The lowest BCUT2D eigenvalue weighted by Crippen LogP contribution is -2.28. The van der Waals surface area contributed by atoms with Crippen LogP contribution in [0.3, 0.4) is 0 Å². The highest BCUT2D eigenvalue weighted by atomic mass is 32.1. The van der Waals surface area contributed by atoms with E-state index in [4.69, 9.17) is 5.11 Å². The zero-order valence-electron chi connectivity index (χ0n) is 8.69. The summed E-state index contributed by atoms with van der Waals surface area (Å²) in [5.74, 6) is 0. The van der Waals surface area contributed by atoms with Gasteiger partial charge in [0, 0.05) is 17.5 Å². The summed E-state index contributed by atoms with van der Waals surface area (Å²) in [4.78, 5) is 13.9. The van der Waals surface area contributed by atoms with Crippen LogP contribution in [0.2, 0.25) is 0 Å². The van der Waals surface area contributed by atoms with Gasteiger partial charge in [0.2, 0.25) is 0 Å². The van der Waals surface area contributed by atoms with Crippen molar-refractivity contribution in [2.45, 2.75) is 19.4 Å². The molecule has 2 rings (SSSR count). The van der Waals surface area contributed by atoms with E-state index in [1.807, 2.05) is 6.07 Å². The highest BCUT2D eigenvalue weighted by Gasteiger charge is 2.24. The van der Waals surface area contributed by atoms with Crippen LogP contribution >= 0.6 is 11.3 Å². The molecule has 5 heteroatoms. The SMILES string of the molecule is CC1c2sc(OC(=O)O)cc2CCN1C. The van der Waals surface area contributed by atoms with Gasteiger partial charge in [0.05, 0.1) is 0 Å². The second kappa shape index (κ2) is 3.83. The minimum atomic E-state index is -1.24. The maximum absolute atomic E-state index is 10.4. The fourth-order valence-corrected chi connectivity index (χ4v) is 2.97. The van der Waals surface area contributed by atoms with Gasteiger partial charge in [0.1, 0.15) is 0 Å². The van der Waals surface area contributed by atoms with Crippen molar-refractivity contribution in [2.24, 2.45) is 0 Å². The first-order valence-corrected chi connectivity index (χ1v) is 5.63. The summed E-state index contributed by atoms with van der Waals surface area (Å²) >= 11 is 1.43. The van der Waals surface area contributed by atoms with Gasteiger partial charge >= 0.3 is 6.16 Å². The predicted molar refractivity (Wildman–Crippen MR) is 57.7 cm³/mol. The highest BCUT2D eigenvalue weighted by Crippen LogP contribution is 2.38. The maximum Gasteiger partial charge on any atom is 0.512 e. The van der Waals surface area contributed by atoms with Gasteiger partial charge in [-0.2, -0.15) is 0 Å². The Morgan fingerprint density at radius 2 is 2.47 bits per heavy atom. The van der Waals surface area contributed by atoms with Crippen LogP contribution in [0.5, 0.6) is 5.06 Å². The summed E-state index contributed by atoms with van der Waals surface area (Å²) in [6, 6.07) is 2.20. The summed E-state index contributed by atoms with van der Waals surface area (Å²) in [6.07, 6.45) is -0.273. The highest BCUT2D eigenvalue weighted by molar-refractivity contribution is 7.14. The number of hydrogen-bond acceptors (Lipinski definition) is 4. The van der Waals surface area contributed by atoms with Crippen LogP contribution in [0.15, 0.2) is 6.07 Å². The first-order valence-electron chi connectivity index (χ1n) is 4.81. The molecule has 0 saturated heterocycles. The second-order valence-corrected chi connectivity index (χ2v) is 4.78. The summed E-state index contributed by atoms with van der Waals surface area (Å²) < 4.78 is 4.67. The molecule has 1 aliphatic rings. The minimum Gasteiger partial charge on any atom is -0.449 e. The van der Waals surface area contributed by atoms with E-state index in [0.29, 0.717) is 11.1 Å². The third-order valence-electron chi connectivity index (χ3n) is 2.78. The Balaban J connectivity index is 2.27. The molecule has 4 nitrogen and oxygen atoms in total. The molecule has 1 atom stereocenters. The molecule has 0 spiro atoms. The Morgan fingerprint density at radius 1 is 1.73 bits per heavy atom. The topological polar surface area (TPSA) is 49.8 Å². The first kappa shape index (κ1) is 10.4. The number of fused-ring (bicyclic) bond motifs is 1. The molecule has 0 saturated carbocycles. The van der Waals surface area contributed by atoms with Gasteiger partial charge in [-0.05, 0) is 32.0 Å². The summed E-state index contributed by atoms with van der Waals surface area (Å²) in [7, 11) is 2.07. The normalized spacial score (nSPS) is 21.1. The number of nitrogens with zero attached hydrogens (tertiary/aromatic N) is 1. The zero-order valence-corrected chi connectivity index (χ0v) is 9.50. The molecule has 0 bridgehead atoms. The van der Waals surface area contributed by atoms with Crippen molar-refractivity contribution in [2.75, 3.05) is 13.6 Å². The van der Waals surface area contributed by atoms with Crippen molar-refractivity contribution in [3.63, 3.8) is 0 Å². The van der Waals surface area contributed by atoms with Crippen LogP contribution in [0.4, 0.5) is 4.79 Å². The van der Waals surface area contributed by atoms with E-state index in [1.54, 1.807) is 0 Å². The zero-order chi connectivity index (χ0) is 11.0. The Kier molecular flexibility index (Phi) is 2.67. The molecule has 1 unspecified atom stereocenters. The number of rotatable bonds is 1. The first-order chi connectivity index (χ1) is 7.08. The number of carboxylic acid groups (broad SMARTS) is 1. The summed E-state index contributed by atoms with van der Waals surface area (Å²) in [5, 5.41) is 9.00. The second-order valence-electron chi connectivity index (χ2n) is 3.73. The average Bonchev–Trinajstić information content (AvgIpc) is 2.54. The van der Waals surface area contributed by atoms with E-state index in [2.05, 4.69) is 23.6 Å². The number of carbonyl (C=O) groups is 1. The lowest BCUT2D eigenvalue weighted by molar-refractivity contribution is 0.146. The van der Waals surface area contributed by atoms with Crippen molar-refractivity contribution >= 4 is 17.5 Å².